The Morgan fingerprint density at radius 3 is 2.47 bits per heavy atom. The molecule has 1 atom stereocenters. The van der Waals surface area contributed by atoms with Crippen molar-refractivity contribution >= 4 is 5.69 Å². The molecule has 2 N–H and O–H groups in total. The van der Waals surface area contributed by atoms with Crippen molar-refractivity contribution in [1.29, 1.82) is 0 Å². The highest BCUT2D eigenvalue weighted by Gasteiger charge is 2.27. The molecule has 2 nitrogen and oxygen atoms in total. The van der Waals surface area contributed by atoms with E-state index in [4.69, 9.17) is 5.73 Å². The van der Waals surface area contributed by atoms with Crippen molar-refractivity contribution in [2.75, 3.05) is 19.0 Å². The van der Waals surface area contributed by atoms with Gasteiger partial charge in [-0.15, -0.1) is 0 Å². The first-order chi connectivity index (χ1) is 7.79. The van der Waals surface area contributed by atoms with Gasteiger partial charge in [0.25, 0.3) is 0 Å². The quantitative estimate of drug-likeness (QED) is 0.884. The standard InChI is InChI=1S/C12H17F3N2/c1-17(2)10-5-3-4-9(8-10)11(16)6-7-12(13,14)15/h3-5,8,11H,6-7,16H2,1-2H3. The number of nitrogens with zero attached hydrogens (tertiary/aromatic N) is 1. The van der Waals surface area contributed by atoms with Crippen molar-refractivity contribution in [1.82, 2.24) is 0 Å². The third-order valence-corrected chi connectivity index (χ3v) is 2.55. The summed E-state index contributed by atoms with van der Waals surface area (Å²) in [6.45, 7) is 0. The van der Waals surface area contributed by atoms with Crippen molar-refractivity contribution in [2.45, 2.75) is 25.1 Å². The number of nitrogens with two attached hydrogens (primary N) is 1. The smallest absolute Gasteiger partial charge is 0.378 e. The molecule has 0 spiro atoms. The molecule has 0 aromatic heterocycles. The van der Waals surface area contributed by atoms with Crippen LogP contribution in [0.15, 0.2) is 24.3 Å². The average molecular weight is 246 g/mol. The van der Waals surface area contributed by atoms with E-state index in [1.54, 1.807) is 12.1 Å². The van der Waals surface area contributed by atoms with Crippen LogP contribution in [0.5, 0.6) is 0 Å². The molecule has 0 saturated heterocycles. The Balaban J connectivity index is 2.69. The number of benzene rings is 1. The zero-order valence-electron chi connectivity index (χ0n) is 9.96. The highest BCUT2D eigenvalue weighted by molar-refractivity contribution is 5.47. The van der Waals surface area contributed by atoms with Crippen LogP contribution in [0.3, 0.4) is 0 Å². The molecule has 1 unspecified atom stereocenters. The second kappa shape index (κ2) is 5.40. The van der Waals surface area contributed by atoms with Gasteiger partial charge >= 0.3 is 6.18 Å². The van der Waals surface area contributed by atoms with Crippen LogP contribution in [0.2, 0.25) is 0 Å². The molecule has 1 aromatic rings. The van der Waals surface area contributed by atoms with Gasteiger partial charge in [0.05, 0.1) is 0 Å². The topological polar surface area (TPSA) is 29.3 Å². The number of alkyl halides is 3. The number of halogens is 3. The highest BCUT2D eigenvalue weighted by atomic mass is 19.4. The summed E-state index contributed by atoms with van der Waals surface area (Å²) in [5.41, 5.74) is 7.42. The Morgan fingerprint density at radius 1 is 1.29 bits per heavy atom. The summed E-state index contributed by atoms with van der Waals surface area (Å²) < 4.78 is 36.2. The first-order valence-corrected chi connectivity index (χ1v) is 5.39. The van der Waals surface area contributed by atoms with E-state index in [2.05, 4.69) is 0 Å². The van der Waals surface area contributed by atoms with E-state index in [1.807, 2.05) is 31.1 Å². The lowest BCUT2D eigenvalue weighted by Crippen LogP contribution is -2.16. The Hall–Kier alpha value is -1.23. The Kier molecular flexibility index (Phi) is 4.40. The van der Waals surface area contributed by atoms with Gasteiger partial charge in [0, 0.05) is 32.2 Å². The largest absolute Gasteiger partial charge is 0.389 e. The molecule has 5 heteroatoms. The Morgan fingerprint density at radius 2 is 1.94 bits per heavy atom. The molecule has 0 amide bonds. The Labute approximate surface area is 99.2 Å². The fraction of sp³-hybridized carbons (Fsp3) is 0.500. The molecule has 17 heavy (non-hydrogen) atoms. The Bertz CT molecular complexity index is 361. The number of anilines is 1. The van der Waals surface area contributed by atoms with Gasteiger partial charge in [-0.05, 0) is 24.1 Å². The molecular weight excluding hydrogens is 229 g/mol. The van der Waals surface area contributed by atoms with Crippen molar-refractivity contribution in [3.63, 3.8) is 0 Å². The van der Waals surface area contributed by atoms with Crippen molar-refractivity contribution in [3.05, 3.63) is 29.8 Å². The van der Waals surface area contributed by atoms with Gasteiger partial charge in [0.2, 0.25) is 0 Å². The maximum absolute atomic E-state index is 12.1. The summed E-state index contributed by atoms with van der Waals surface area (Å²) in [5.74, 6) is 0. The van der Waals surface area contributed by atoms with Crippen molar-refractivity contribution in [3.8, 4) is 0 Å². The molecule has 96 valence electrons. The lowest BCUT2D eigenvalue weighted by Gasteiger charge is -2.17. The van der Waals surface area contributed by atoms with Gasteiger partial charge in [-0.25, -0.2) is 0 Å². The molecule has 0 heterocycles. The van der Waals surface area contributed by atoms with E-state index >= 15 is 0 Å². The van der Waals surface area contributed by atoms with Crippen LogP contribution < -0.4 is 10.6 Å². The van der Waals surface area contributed by atoms with Crippen molar-refractivity contribution < 1.29 is 13.2 Å². The molecule has 0 aliphatic heterocycles. The maximum atomic E-state index is 12.1. The minimum absolute atomic E-state index is 0.0830. The highest BCUT2D eigenvalue weighted by Crippen LogP contribution is 2.27. The molecule has 0 aliphatic rings. The van der Waals surface area contributed by atoms with Gasteiger partial charge in [-0.2, -0.15) is 13.2 Å². The molecule has 0 bridgehead atoms. The summed E-state index contributed by atoms with van der Waals surface area (Å²) in [5, 5.41) is 0. The van der Waals surface area contributed by atoms with E-state index in [1.165, 1.54) is 0 Å². The van der Waals surface area contributed by atoms with Crippen LogP contribution in [0.1, 0.15) is 24.4 Å². The van der Waals surface area contributed by atoms with Gasteiger partial charge < -0.3 is 10.6 Å². The first kappa shape index (κ1) is 13.8. The summed E-state index contributed by atoms with van der Waals surface area (Å²) in [7, 11) is 3.75. The minimum atomic E-state index is -4.14. The molecule has 0 aliphatic carbocycles. The average Bonchev–Trinajstić information content (AvgIpc) is 2.25. The molecule has 0 saturated carbocycles. The molecule has 0 radical (unpaired) electrons. The predicted octanol–water partition coefficient (Wildman–Crippen LogP) is 3.09. The van der Waals surface area contributed by atoms with Crippen LogP contribution in [0.25, 0.3) is 0 Å². The third kappa shape index (κ3) is 4.65. The van der Waals surface area contributed by atoms with Gasteiger partial charge in [-0.1, -0.05) is 12.1 Å². The van der Waals surface area contributed by atoms with E-state index < -0.39 is 18.6 Å². The van der Waals surface area contributed by atoms with Gasteiger partial charge in [-0.3, -0.25) is 0 Å². The van der Waals surface area contributed by atoms with E-state index in [0.717, 1.165) is 11.3 Å². The van der Waals surface area contributed by atoms with E-state index in [-0.39, 0.29) is 6.42 Å². The fourth-order valence-electron chi connectivity index (χ4n) is 1.52. The third-order valence-electron chi connectivity index (χ3n) is 2.55. The molecular formula is C12H17F3N2. The van der Waals surface area contributed by atoms with Crippen LogP contribution in [-0.2, 0) is 0 Å². The van der Waals surface area contributed by atoms with E-state index in [0.29, 0.717) is 0 Å². The SMILES string of the molecule is CN(C)c1cccc(C(N)CCC(F)(F)F)c1. The monoisotopic (exact) mass is 246 g/mol. The number of hydrogen-bond donors (Lipinski definition) is 1. The zero-order valence-corrected chi connectivity index (χ0v) is 9.96. The van der Waals surface area contributed by atoms with Gasteiger partial charge in [0.1, 0.15) is 0 Å². The summed E-state index contributed by atoms with van der Waals surface area (Å²) in [6.07, 6.45) is -5.07. The number of hydrogen-bond acceptors (Lipinski definition) is 2. The molecule has 0 fully saturated rings. The lowest BCUT2D eigenvalue weighted by molar-refractivity contribution is -0.136. The minimum Gasteiger partial charge on any atom is -0.378 e. The van der Waals surface area contributed by atoms with Crippen LogP contribution in [-0.4, -0.2) is 20.3 Å². The lowest BCUT2D eigenvalue weighted by atomic mass is 10.0. The van der Waals surface area contributed by atoms with E-state index in [9.17, 15) is 13.2 Å². The maximum Gasteiger partial charge on any atom is 0.389 e. The second-order valence-electron chi connectivity index (χ2n) is 4.25. The number of rotatable bonds is 4. The van der Waals surface area contributed by atoms with Crippen LogP contribution >= 0.6 is 0 Å². The van der Waals surface area contributed by atoms with Crippen LogP contribution in [0.4, 0.5) is 18.9 Å². The molecule has 1 rings (SSSR count). The van der Waals surface area contributed by atoms with Gasteiger partial charge in [0.15, 0.2) is 0 Å². The second-order valence-corrected chi connectivity index (χ2v) is 4.25. The summed E-state index contributed by atoms with van der Waals surface area (Å²) in [6, 6.07) is 6.70. The molecule has 1 aromatic carbocycles. The summed E-state index contributed by atoms with van der Waals surface area (Å²) >= 11 is 0. The normalized spacial score (nSPS) is 13.5. The van der Waals surface area contributed by atoms with Crippen LogP contribution in [0, 0.1) is 0 Å². The first-order valence-electron chi connectivity index (χ1n) is 5.39. The summed E-state index contributed by atoms with van der Waals surface area (Å²) in [4.78, 5) is 1.89. The van der Waals surface area contributed by atoms with Crippen molar-refractivity contribution in [2.24, 2.45) is 5.73 Å². The fourth-order valence-corrected chi connectivity index (χ4v) is 1.52. The zero-order chi connectivity index (χ0) is 13.1. The predicted molar refractivity (Wildman–Crippen MR) is 63.0 cm³/mol.